The largest absolute Gasteiger partial charge is 0.481 e. The molecule has 0 saturated heterocycles. The Bertz CT molecular complexity index is 369. The lowest BCUT2D eigenvalue weighted by Crippen LogP contribution is -2.51. The average molecular weight is 314 g/mol. The van der Waals surface area contributed by atoms with Crippen LogP contribution in [0, 0.1) is 5.92 Å². The first-order valence-corrected chi connectivity index (χ1v) is 7.85. The highest BCUT2D eigenvalue weighted by atomic mass is 16.5. The van der Waals surface area contributed by atoms with Crippen molar-refractivity contribution >= 4 is 18.3 Å². The molecule has 3 N–H and O–H groups in total. The van der Waals surface area contributed by atoms with Gasteiger partial charge in [-0.15, -0.1) is 0 Å². The summed E-state index contributed by atoms with van der Waals surface area (Å²) in [4.78, 5) is 33.1. The molecule has 7 nitrogen and oxygen atoms in total. The molecule has 1 saturated carbocycles. The number of carbonyl (C=O) groups is 3. The van der Waals surface area contributed by atoms with Gasteiger partial charge < -0.3 is 20.5 Å². The smallest absolute Gasteiger partial charge is 0.305 e. The van der Waals surface area contributed by atoms with Crippen LogP contribution in [0.15, 0.2) is 0 Å². The first-order valence-electron chi connectivity index (χ1n) is 7.85. The van der Waals surface area contributed by atoms with E-state index in [1.165, 1.54) is 19.3 Å². The molecule has 1 aliphatic carbocycles. The van der Waals surface area contributed by atoms with Gasteiger partial charge in [-0.3, -0.25) is 14.4 Å². The van der Waals surface area contributed by atoms with Crippen LogP contribution in [0.2, 0.25) is 0 Å². The first-order chi connectivity index (χ1) is 10.5. The third-order valence-electron chi connectivity index (χ3n) is 3.96. The van der Waals surface area contributed by atoms with Crippen molar-refractivity contribution in [2.24, 2.45) is 5.92 Å². The second-order valence-corrected chi connectivity index (χ2v) is 5.74. The van der Waals surface area contributed by atoms with Gasteiger partial charge in [0.25, 0.3) is 0 Å². The summed E-state index contributed by atoms with van der Waals surface area (Å²) in [6, 6.07) is -0.810. The van der Waals surface area contributed by atoms with E-state index in [0.29, 0.717) is 18.9 Å². The summed E-state index contributed by atoms with van der Waals surface area (Å²) in [7, 11) is 0. The lowest BCUT2D eigenvalue weighted by molar-refractivity contribution is -0.137. The van der Waals surface area contributed by atoms with Gasteiger partial charge in [-0.2, -0.15) is 0 Å². The summed E-state index contributed by atoms with van der Waals surface area (Å²) in [6.07, 6.45) is 5.83. The first kappa shape index (κ1) is 18.4. The Hall–Kier alpha value is -1.63. The van der Waals surface area contributed by atoms with Gasteiger partial charge in [0, 0.05) is 13.2 Å². The molecule has 0 spiro atoms. The molecule has 2 atom stereocenters. The fourth-order valence-electron chi connectivity index (χ4n) is 2.64. The number of rotatable bonds is 10. The molecule has 1 aliphatic rings. The summed E-state index contributed by atoms with van der Waals surface area (Å²) in [5.74, 6) is -0.894. The molecule has 126 valence electrons. The summed E-state index contributed by atoms with van der Waals surface area (Å²) in [5, 5.41) is 13.5. The number of carbonyl (C=O) groups excluding carboxylic acids is 2. The summed E-state index contributed by atoms with van der Waals surface area (Å²) < 4.78 is 5.75. The van der Waals surface area contributed by atoms with Gasteiger partial charge in [0.2, 0.25) is 12.3 Å². The molecule has 1 fully saturated rings. The van der Waals surface area contributed by atoms with E-state index in [2.05, 4.69) is 10.6 Å². The monoisotopic (exact) mass is 314 g/mol. The normalized spacial score (nSPS) is 18.2. The number of amides is 2. The number of aliphatic carboxylic acids is 1. The van der Waals surface area contributed by atoms with Crippen molar-refractivity contribution in [1.82, 2.24) is 10.6 Å². The van der Waals surface area contributed by atoms with Crippen molar-refractivity contribution in [3.8, 4) is 0 Å². The Morgan fingerprint density at radius 2 is 2.00 bits per heavy atom. The molecule has 0 radical (unpaired) electrons. The molecule has 0 aromatic carbocycles. The van der Waals surface area contributed by atoms with Crippen molar-refractivity contribution in [2.75, 3.05) is 13.2 Å². The lowest BCUT2D eigenvalue weighted by Gasteiger charge is -2.27. The third kappa shape index (κ3) is 6.89. The molecule has 0 aromatic rings. The van der Waals surface area contributed by atoms with Gasteiger partial charge in [-0.05, 0) is 25.7 Å². The van der Waals surface area contributed by atoms with E-state index in [-0.39, 0.29) is 13.0 Å². The standard InChI is InChI=1S/C15H26N2O5/c1-11(22-9-12-5-3-2-4-6-12)14(17-10-18)15(21)16-8-7-13(19)20/h10-12,14H,2-9H2,1H3,(H,16,21)(H,17,18)(H,19,20)/t11-,14?/m1/s1. The van der Waals surface area contributed by atoms with E-state index in [9.17, 15) is 14.4 Å². The van der Waals surface area contributed by atoms with Gasteiger partial charge in [0.15, 0.2) is 0 Å². The van der Waals surface area contributed by atoms with Gasteiger partial charge in [0.05, 0.1) is 12.5 Å². The zero-order valence-corrected chi connectivity index (χ0v) is 13.0. The second kappa shape index (κ2) is 10.2. The fourth-order valence-corrected chi connectivity index (χ4v) is 2.64. The minimum atomic E-state index is -0.984. The third-order valence-corrected chi connectivity index (χ3v) is 3.96. The Morgan fingerprint density at radius 3 is 2.59 bits per heavy atom. The van der Waals surface area contributed by atoms with Gasteiger partial charge >= 0.3 is 5.97 Å². The van der Waals surface area contributed by atoms with Crippen molar-refractivity contribution < 1.29 is 24.2 Å². The highest BCUT2D eigenvalue weighted by Crippen LogP contribution is 2.24. The maximum absolute atomic E-state index is 12.0. The van der Waals surface area contributed by atoms with Crippen LogP contribution in [0.3, 0.4) is 0 Å². The number of ether oxygens (including phenoxy) is 1. The molecule has 0 aliphatic heterocycles. The van der Waals surface area contributed by atoms with Crippen LogP contribution in [0.1, 0.15) is 45.4 Å². The Morgan fingerprint density at radius 1 is 1.32 bits per heavy atom. The number of carboxylic acids is 1. The van der Waals surface area contributed by atoms with Crippen molar-refractivity contribution in [3.63, 3.8) is 0 Å². The molecule has 0 heterocycles. The molecule has 0 bridgehead atoms. The van der Waals surface area contributed by atoms with Crippen molar-refractivity contribution in [1.29, 1.82) is 0 Å². The van der Waals surface area contributed by atoms with Crippen LogP contribution in [0.4, 0.5) is 0 Å². The molecule has 7 heteroatoms. The Labute approximate surface area is 130 Å². The second-order valence-electron chi connectivity index (χ2n) is 5.74. The van der Waals surface area contributed by atoms with Crippen LogP contribution < -0.4 is 10.6 Å². The molecular weight excluding hydrogens is 288 g/mol. The predicted octanol–water partition coefficient (Wildman–Crippen LogP) is 0.677. The van der Waals surface area contributed by atoms with Crippen LogP contribution >= 0.6 is 0 Å². The molecule has 22 heavy (non-hydrogen) atoms. The van der Waals surface area contributed by atoms with Gasteiger partial charge in [-0.25, -0.2) is 0 Å². The topological polar surface area (TPSA) is 105 Å². The highest BCUT2D eigenvalue weighted by molar-refractivity contribution is 5.84. The summed E-state index contributed by atoms with van der Waals surface area (Å²) in [5.41, 5.74) is 0. The van der Waals surface area contributed by atoms with E-state index in [1.807, 2.05) is 0 Å². The van der Waals surface area contributed by atoms with E-state index in [4.69, 9.17) is 9.84 Å². The SMILES string of the molecule is C[C@@H](OCC1CCCCC1)C(NC=O)C(=O)NCCC(=O)O. The Kier molecular flexibility index (Phi) is 8.50. The minimum absolute atomic E-state index is 0.0283. The predicted molar refractivity (Wildman–Crippen MR) is 80.2 cm³/mol. The maximum atomic E-state index is 12.0. The average Bonchev–Trinajstić information content (AvgIpc) is 2.50. The summed E-state index contributed by atoms with van der Waals surface area (Å²) >= 11 is 0. The van der Waals surface area contributed by atoms with Gasteiger partial charge in [-0.1, -0.05) is 19.3 Å². The molecule has 1 unspecified atom stereocenters. The summed E-state index contributed by atoms with van der Waals surface area (Å²) in [6.45, 7) is 2.35. The number of hydrogen-bond donors (Lipinski definition) is 3. The van der Waals surface area contributed by atoms with E-state index >= 15 is 0 Å². The van der Waals surface area contributed by atoms with Crippen LogP contribution in [-0.4, -0.2) is 48.7 Å². The fraction of sp³-hybridized carbons (Fsp3) is 0.800. The van der Waals surface area contributed by atoms with E-state index in [0.717, 1.165) is 12.8 Å². The zero-order chi connectivity index (χ0) is 16.4. The molecule has 2 amide bonds. The van der Waals surface area contributed by atoms with E-state index < -0.39 is 24.0 Å². The molecular formula is C15H26N2O5. The highest BCUT2D eigenvalue weighted by Gasteiger charge is 2.26. The van der Waals surface area contributed by atoms with E-state index in [1.54, 1.807) is 6.92 Å². The number of nitrogens with one attached hydrogen (secondary N) is 2. The lowest BCUT2D eigenvalue weighted by atomic mass is 9.90. The van der Waals surface area contributed by atoms with Crippen LogP contribution in [0.25, 0.3) is 0 Å². The minimum Gasteiger partial charge on any atom is -0.481 e. The molecule has 1 rings (SSSR count). The Balaban J connectivity index is 2.39. The maximum Gasteiger partial charge on any atom is 0.305 e. The van der Waals surface area contributed by atoms with Crippen LogP contribution in [0.5, 0.6) is 0 Å². The van der Waals surface area contributed by atoms with Crippen molar-refractivity contribution in [3.05, 3.63) is 0 Å². The van der Waals surface area contributed by atoms with Crippen molar-refractivity contribution in [2.45, 2.75) is 57.6 Å². The molecule has 0 aromatic heterocycles. The number of hydrogen-bond acceptors (Lipinski definition) is 4. The quantitative estimate of drug-likeness (QED) is 0.514. The number of carboxylic acid groups (broad SMARTS) is 1. The van der Waals surface area contributed by atoms with Gasteiger partial charge in [0.1, 0.15) is 6.04 Å². The zero-order valence-electron chi connectivity index (χ0n) is 13.0. The van der Waals surface area contributed by atoms with Crippen LogP contribution in [-0.2, 0) is 19.1 Å².